The van der Waals surface area contributed by atoms with Crippen LogP contribution in [0, 0.1) is 5.92 Å². The van der Waals surface area contributed by atoms with Gasteiger partial charge in [0, 0.05) is 18.5 Å². The number of rotatable bonds is 6. The van der Waals surface area contributed by atoms with Crippen LogP contribution >= 0.6 is 11.6 Å². The number of nitrogens with zero attached hydrogens (tertiary/aromatic N) is 3. The van der Waals surface area contributed by atoms with Crippen LogP contribution < -0.4 is 5.32 Å². The number of piperidine rings is 1. The molecule has 2 heterocycles. The molecule has 1 aliphatic carbocycles. The van der Waals surface area contributed by atoms with Gasteiger partial charge in [-0.05, 0) is 57.7 Å². The van der Waals surface area contributed by atoms with Gasteiger partial charge < -0.3 is 10.2 Å². The number of hydrogen-bond donors (Lipinski definition) is 1. The van der Waals surface area contributed by atoms with E-state index >= 15 is 0 Å². The summed E-state index contributed by atoms with van der Waals surface area (Å²) in [5.41, 5.74) is 0. The average Bonchev–Trinajstić information content (AvgIpc) is 3.29. The number of likely N-dealkylation sites (tertiary alicyclic amines) is 1. The molecular weight excluding hydrogens is 284 g/mol. The van der Waals surface area contributed by atoms with Crippen molar-refractivity contribution in [2.45, 2.75) is 44.9 Å². The van der Waals surface area contributed by atoms with E-state index in [4.69, 9.17) is 11.6 Å². The Labute approximate surface area is 132 Å². The van der Waals surface area contributed by atoms with Gasteiger partial charge in [-0.25, -0.2) is 9.97 Å². The van der Waals surface area contributed by atoms with Gasteiger partial charge in [0.05, 0.1) is 0 Å². The first-order chi connectivity index (χ1) is 10.2. The molecule has 0 aromatic carbocycles. The molecule has 1 N–H and O–H groups in total. The topological polar surface area (TPSA) is 41.0 Å². The number of anilines is 1. The molecule has 0 amide bonds. The summed E-state index contributed by atoms with van der Waals surface area (Å²) in [5.74, 6) is 3.24. The van der Waals surface area contributed by atoms with E-state index in [1.54, 1.807) is 0 Å². The highest BCUT2D eigenvalue weighted by molar-refractivity contribution is 6.29. The molecule has 0 radical (unpaired) electrons. The van der Waals surface area contributed by atoms with E-state index in [0.717, 1.165) is 30.5 Å². The third-order valence-electron chi connectivity index (χ3n) is 4.49. The number of hydrogen-bond acceptors (Lipinski definition) is 4. The minimum Gasteiger partial charge on any atom is -0.370 e. The van der Waals surface area contributed by atoms with Gasteiger partial charge in [-0.2, -0.15) is 0 Å². The lowest BCUT2D eigenvalue weighted by atomic mass is 9.99. The van der Waals surface area contributed by atoms with Gasteiger partial charge in [0.25, 0.3) is 0 Å². The monoisotopic (exact) mass is 308 g/mol. The molecule has 0 unspecified atom stereocenters. The maximum Gasteiger partial charge on any atom is 0.135 e. The van der Waals surface area contributed by atoms with Gasteiger partial charge >= 0.3 is 0 Å². The predicted octanol–water partition coefficient (Wildman–Crippen LogP) is 3.54. The second kappa shape index (κ2) is 6.93. The number of halogens is 1. The van der Waals surface area contributed by atoms with Gasteiger partial charge in [0.2, 0.25) is 0 Å². The third-order valence-corrected chi connectivity index (χ3v) is 4.68. The third kappa shape index (κ3) is 4.55. The van der Waals surface area contributed by atoms with Gasteiger partial charge in [-0.3, -0.25) is 0 Å². The summed E-state index contributed by atoms with van der Waals surface area (Å²) in [6, 6.07) is 1.83. The Hall–Kier alpha value is -0.870. The van der Waals surface area contributed by atoms with Crippen molar-refractivity contribution in [2.24, 2.45) is 5.92 Å². The first-order valence-electron chi connectivity index (χ1n) is 8.21. The lowest BCUT2D eigenvalue weighted by Gasteiger charge is -2.30. The average molecular weight is 309 g/mol. The van der Waals surface area contributed by atoms with E-state index in [1.165, 1.54) is 45.3 Å². The van der Waals surface area contributed by atoms with Crippen molar-refractivity contribution in [1.29, 1.82) is 0 Å². The predicted molar refractivity (Wildman–Crippen MR) is 87.0 cm³/mol. The zero-order chi connectivity index (χ0) is 14.7. The Morgan fingerprint density at radius 2 is 2.00 bits per heavy atom. The van der Waals surface area contributed by atoms with E-state index in [0.29, 0.717) is 11.1 Å². The number of nitrogens with one attached hydrogen (secondary N) is 1. The maximum absolute atomic E-state index is 6.07. The summed E-state index contributed by atoms with van der Waals surface area (Å²) in [6.45, 7) is 6.99. The molecule has 0 atom stereocenters. The minimum absolute atomic E-state index is 0.541. The fourth-order valence-electron chi connectivity index (χ4n) is 2.85. The Balaban J connectivity index is 1.41. The van der Waals surface area contributed by atoms with E-state index in [9.17, 15) is 0 Å². The molecule has 0 spiro atoms. The van der Waals surface area contributed by atoms with E-state index in [-0.39, 0.29) is 0 Å². The molecule has 3 rings (SSSR count). The van der Waals surface area contributed by atoms with Gasteiger partial charge in [0.1, 0.15) is 16.8 Å². The Morgan fingerprint density at radius 1 is 1.24 bits per heavy atom. The summed E-state index contributed by atoms with van der Waals surface area (Å²) >= 11 is 6.07. The van der Waals surface area contributed by atoms with Crippen molar-refractivity contribution in [3.8, 4) is 0 Å². The van der Waals surface area contributed by atoms with Crippen LogP contribution in [0.3, 0.4) is 0 Å². The van der Waals surface area contributed by atoms with Gasteiger partial charge in [-0.1, -0.05) is 18.5 Å². The summed E-state index contributed by atoms with van der Waals surface area (Å²) in [5, 5.41) is 3.95. The zero-order valence-electron chi connectivity index (χ0n) is 12.8. The molecule has 1 aliphatic heterocycles. The van der Waals surface area contributed by atoms with Crippen molar-refractivity contribution in [1.82, 2.24) is 14.9 Å². The largest absolute Gasteiger partial charge is 0.370 e. The van der Waals surface area contributed by atoms with Crippen LogP contribution in [0.1, 0.15) is 50.8 Å². The normalized spacial score (nSPS) is 20.7. The molecule has 2 fully saturated rings. The molecule has 1 saturated heterocycles. The van der Waals surface area contributed by atoms with Crippen LogP contribution in [-0.2, 0) is 0 Å². The molecule has 1 aromatic heterocycles. The molecule has 1 aromatic rings. The van der Waals surface area contributed by atoms with E-state index in [2.05, 4.69) is 27.1 Å². The van der Waals surface area contributed by atoms with Crippen molar-refractivity contribution in [3.63, 3.8) is 0 Å². The SMILES string of the molecule is CC1CCN(CCCNc2cc(Cl)nc(C3CC3)n2)CC1. The van der Waals surface area contributed by atoms with E-state index in [1.807, 2.05) is 6.07 Å². The van der Waals surface area contributed by atoms with Crippen LogP contribution in [0.15, 0.2) is 6.07 Å². The molecule has 0 bridgehead atoms. The van der Waals surface area contributed by atoms with Crippen molar-refractivity contribution < 1.29 is 0 Å². The fourth-order valence-corrected chi connectivity index (χ4v) is 3.04. The standard InChI is InChI=1S/C16H25ClN4/c1-12-5-9-21(10-6-12)8-2-7-18-15-11-14(17)19-16(20-15)13-3-4-13/h11-13H,2-10H2,1H3,(H,18,19,20). The second-order valence-electron chi connectivity index (χ2n) is 6.51. The highest BCUT2D eigenvalue weighted by Crippen LogP contribution is 2.38. The first kappa shape index (κ1) is 15.0. The summed E-state index contributed by atoms with van der Waals surface area (Å²) in [7, 11) is 0. The molecule has 1 saturated carbocycles. The molecule has 4 nitrogen and oxygen atoms in total. The van der Waals surface area contributed by atoms with Crippen LogP contribution in [0.25, 0.3) is 0 Å². The van der Waals surface area contributed by atoms with Crippen LogP contribution in [0.4, 0.5) is 5.82 Å². The van der Waals surface area contributed by atoms with Crippen LogP contribution in [0.2, 0.25) is 5.15 Å². The van der Waals surface area contributed by atoms with Crippen LogP contribution in [0.5, 0.6) is 0 Å². The number of aromatic nitrogens is 2. The molecular formula is C16H25ClN4. The van der Waals surface area contributed by atoms with E-state index < -0.39 is 0 Å². The van der Waals surface area contributed by atoms with Gasteiger partial charge in [0.15, 0.2) is 0 Å². The second-order valence-corrected chi connectivity index (χ2v) is 6.90. The highest BCUT2D eigenvalue weighted by atomic mass is 35.5. The first-order valence-corrected chi connectivity index (χ1v) is 8.59. The highest BCUT2D eigenvalue weighted by Gasteiger charge is 2.27. The van der Waals surface area contributed by atoms with Gasteiger partial charge in [-0.15, -0.1) is 0 Å². The van der Waals surface area contributed by atoms with Crippen molar-refractivity contribution >= 4 is 17.4 Å². The molecule has 5 heteroatoms. The van der Waals surface area contributed by atoms with Crippen LogP contribution in [-0.4, -0.2) is 41.0 Å². The Bertz CT molecular complexity index is 467. The lowest BCUT2D eigenvalue weighted by molar-refractivity contribution is 0.192. The lowest BCUT2D eigenvalue weighted by Crippen LogP contribution is -2.34. The molecule has 2 aliphatic rings. The molecule has 21 heavy (non-hydrogen) atoms. The fraction of sp³-hybridized carbons (Fsp3) is 0.750. The van der Waals surface area contributed by atoms with Crippen molar-refractivity contribution in [3.05, 3.63) is 17.0 Å². The summed E-state index contributed by atoms with van der Waals surface area (Å²) in [4.78, 5) is 11.5. The summed E-state index contributed by atoms with van der Waals surface area (Å²) in [6.07, 6.45) is 6.24. The smallest absolute Gasteiger partial charge is 0.135 e. The Kier molecular flexibility index (Phi) is 4.96. The Morgan fingerprint density at radius 3 is 2.71 bits per heavy atom. The molecule has 116 valence electrons. The maximum atomic E-state index is 6.07. The quantitative estimate of drug-likeness (QED) is 0.644. The van der Waals surface area contributed by atoms with Crippen molar-refractivity contribution in [2.75, 3.05) is 31.5 Å². The minimum atomic E-state index is 0.541. The summed E-state index contributed by atoms with van der Waals surface area (Å²) < 4.78 is 0. The zero-order valence-corrected chi connectivity index (χ0v) is 13.6.